The zero-order chi connectivity index (χ0) is 10.3. The monoisotopic (exact) mass is 254 g/mol. The molecule has 14 heavy (non-hydrogen) atoms. The summed E-state index contributed by atoms with van der Waals surface area (Å²) in [6.45, 7) is 1.99. The first-order valence-electron chi connectivity index (χ1n) is 4.54. The summed E-state index contributed by atoms with van der Waals surface area (Å²) >= 11 is 3.52. The Morgan fingerprint density at radius 2 is 2.14 bits per heavy atom. The van der Waals surface area contributed by atoms with E-state index < -0.39 is 0 Å². The predicted molar refractivity (Wildman–Crippen MR) is 58.1 cm³/mol. The van der Waals surface area contributed by atoms with Gasteiger partial charge in [-0.2, -0.15) is 0 Å². The lowest BCUT2D eigenvalue weighted by atomic mass is 10.1. The molecule has 0 aromatic heterocycles. The summed E-state index contributed by atoms with van der Waals surface area (Å²) in [5.74, 6) is 1.00. The summed E-state index contributed by atoms with van der Waals surface area (Å²) in [4.78, 5) is 11.5. The van der Waals surface area contributed by atoms with Crippen molar-refractivity contribution in [1.29, 1.82) is 0 Å². The second kappa shape index (κ2) is 3.39. The summed E-state index contributed by atoms with van der Waals surface area (Å²) in [5, 5.41) is 0. The molecule has 0 amide bonds. The van der Waals surface area contributed by atoms with E-state index in [1.165, 1.54) is 0 Å². The van der Waals surface area contributed by atoms with E-state index in [1.54, 1.807) is 7.11 Å². The number of benzene rings is 1. The minimum absolute atomic E-state index is 0.221. The van der Waals surface area contributed by atoms with Crippen molar-refractivity contribution in [3.63, 3.8) is 0 Å². The minimum atomic E-state index is 0.221. The van der Waals surface area contributed by atoms with Gasteiger partial charge in [0, 0.05) is 22.0 Å². The lowest BCUT2D eigenvalue weighted by Gasteiger charge is -2.10. The molecule has 1 aliphatic rings. The van der Waals surface area contributed by atoms with Crippen LogP contribution in [0.2, 0.25) is 0 Å². The van der Waals surface area contributed by atoms with Crippen molar-refractivity contribution in [1.82, 2.24) is 0 Å². The zero-order valence-electron chi connectivity index (χ0n) is 8.19. The van der Waals surface area contributed by atoms with E-state index in [2.05, 4.69) is 15.9 Å². The van der Waals surface area contributed by atoms with Crippen molar-refractivity contribution in [3.8, 4) is 5.75 Å². The Labute approximate surface area is 91.4 Å². The third-order valence-corrected chi connectivity index (χ3v) is 3.76. The molecule has 0 bridgehead atoms. The van der Waals surface area contributed by atoms with Gasteiger partial charge in [-0.15, -0.1) is 0 Å². The molecule has 0 N–H and O–H groups in total. The number of ether oxygens (including phenoxy) is 1. The lowest BCUT2D eigenvalue weighted by molar-refractivity contribution is 0.0994. The average Bonchev–Trinajstić information content (AvgIpc) is 2.54. The van der Waals surface area contributed by atoms with Gasteiger partial charge in [0.05, 0.1) is 7.11 Å². The molecule has 0 saturated carbocycles. The highest BCUT2D eigenvalue weighted by Gasteiger charge is 2.24. The molecular formula is C11H11BrO2. The topological polar surface area (TPSA) is 26.3 Å². The molecular weight excluding hydrogens is 244 g/mol. The molecule has 0 heterocycles. The Kier molecular flexibility index (Phi) is 2.35. The van der Waals surface area contributed by atoms with Crippen LogP contribution in [0.3, 0.4) is 0 Å². The van der Waals surface area contributed by atoms with Crippen molar-refractivity contribution in [2.24, 2.45) is 0 Å². The maximum Gasteiger partial charge on any atom is 0.163 e. The van der Waals surface area contributed by atoms with Gasteiger partial charge in [0.25, 0.3) is 0 Å². The smallest absolute Gasteiger partial charge is 0.163 e. The van der Waals surface area contributed by atoms with Crippen LogP contribution >= 0.6 is 15.9 Å². The van der Waals surface area contributed by atoms with Gasteiger partial charge in [-0.25, -0.2) is 0 Å². The lowest BCUT2D eigenvalue weighted by Crippen LogP contribution is -1.96. The molecule has 2 nitrogen and oxygen atoms in total. The molecule has 3 heteroatoms. The van der Waals surface area contributed by atoms with Crippen molar-refractivity contribution >= 4 is 21.7 Å². The van der Waals surface area contributed by atoms with E-state index in [9.17, 15) is 4.79 Å². The third-order valence-electron chi connectivity index (χ3n) is 2.69. The summed E-state index contributed by atoms with van der Waals surface area (Å²) in [7, 11) is 1.63. The maximum atomic E-state index is 11.5. The highest BCUT2D eigenvalue weighted by atomic mass is 79.9. The van der Waals surface area contributed by atoms with Gasteiger partial charge in [0.15, 0.2) is 5.78 Å². The van der Waals surface area contributed by atoms with Crippen LogP contribution in [0.15, 0.2) is 10.5 Å². The number of Topliss-reactive ketones (excluding diaryl/α,β-unsaturated/α-hetero) is 1. The molecule has 0 spiro atoms. The summed E-state index contributed by atoms with van der Waals surface area (Å²) in [6, 6.07) is 1.85. The molecule has 0 unspecified atom stereocenters. The molecule has 0 saturated heterocycles. The summed E-state index contributed by atoms with van der Waals surface area (Å²) < 4.78 is 6.24. The van der Waals surface area contributed by atoms with E-state index in [4.69, 9.17) is 4.74 Å². The molecule has 1 aliphatic carbocycles. The Morgan fingerprint density at radius 1 is 1.43 bits per heavy atom. The minimum Gasteiger partial charge on any atom is -0.496 e. The van der Waals surface area contributed by atoms with Crippen LogP contribution in [0.25, 0.3) is 0 Å². The number of rotatable bonds is 1. The van der Waals surface area contributed by atoms with Gasteiger partial charge >= 0.3 is 0 Å². The fourth-order valence-corrected chi connectivity index (χ4v) is 2.46. The molecule has 74 valence electrons. The average molecular weight is 255 g/mol. The van der Waals surface area contributed by atoms with Crippen LogP contribution in [-0.2, 0) is 6.42 Å². The van der Waals surface area contributed by atoms with Crippen LogP contribution in [-0.4, -0.2) is 12.9 Å². The zero-order valence-corrected chi connectivity index (χ0v) is 9.77. The van der Waals surface area contributed by atoms with Gasteiger partial charge in [-0.05, 0) is 25.0 Å². The van der Waals surface area contributed by atoms with Gasteiger partial charge in [0.1, 0.15) is 5.75 Å². The van der Waals surface area contributed by atoms with E-state index in [0.29, 0.717) is 6.42 Å². The normalized spacial score (nSPS) is 14.4. The fraction of sp³-hybridized carbons (Fsp3) is 0.364. The number of hydrogen-bond donors (Lipinski definition) is 0. The number of methoxy groups -OCH3 is 1. The van der Waals surface area contributed by atoms with Gasteiger partial charge in [0.2, 0.25) is 0 Å². The molecule has 1 aromatic carbocycles. The molecule has 0 fully saturated rings. The first kappa shape index (κ1) is 9.71. The molecule has 0 radical (unpaired) electrons. The van der Waals surface area contributed by atoms with E-state index in [0.717, 1.165) is 33.3 Å². The first-order valence-corrected chi connectivity index (χ1v) is 5.33. The van der Waals surface area contributed by atoms with E-state index >= 15 is 0 Å². The number of carbonyl (C=O) groups excluding carboxylic acids is 1. The standard InChI is InChI=1S/C11H11BrO2/c1-6-10(14-2)5-8-7(11(6)12)3-4-9(8)13/h5H,3-4H2,1-2H3. The Hall–Kier alpha value is -0.830. The van der Waals surface area contributed by atoms with Crippen LogP contribution in [0.5, 0.6) is 5.75 Å². The van der Waals surface area contributed by atoms with Crippen LogP contribution in [0, 0.1) is 6.92 Å². The molecule has 0 aliphatic heterocycles. The fourth-order valence-electron chi connectivity index (χ4n) is 1.86. The van der Waals surface area contributed by atoms with E-state index in [-0.39, 0.29) is 5.78 Å². The molecule has 2 rings (SSSR count). The number of halogens is 1. The molecule has 1 aromatic rings. The number of carbonyl (C=O) groups is 1. The quantitative estimate of drug-likeness (QED) is 0.771. The predicted octanol–water partition coefficient (Wildman–Crippen LogP) is 2.90. The Bertz CT molecular complexity index is 410. The van der Waals surface area contributed by atoms with Crippen molar-refractivity contribution in [2.45, 2.75) is 19.8 Å². The van der Waals surface area contributed by atoms with E-state index in [1.807, 2.05) is 13.0 Å². The Morgan fingerprint density at radius 3 is 2.79 bits per heavy atom. The number of hydrogen-bond acceptors (Lipinski definition) is 2. The van der Waals surface area contributed by atoms with Crippen molar-refractivity contribution in [2.75, 3.05) is 7.11 Å². The second-order valence-corrected chi connectivity index (χ2v) is 4.26. The van der Waals surface area contributed by atoms with Gasteiger partial charge in [-0.1, -0.05) is 15.9 Å². The molecule has 0 atom stereocenters. The first-order chi connectivity index (χ1) is 6.65. The highest BCUT2D eigenvalue weighted by Crippen LogP contribution is 2.36. The van der Waals surface area contributed by atoms with Crippen LogP contribution in [0.4, 0.5) is 0 Å². The van der Waals surface area contributed by atoms with Gasteiger partial charge in [-0.3, -0.25) is 4.79 Å². The number of ketones is 1. The largest absolute Gasteiger partial charge is 0.496 e. The third kappa shape index (κ3) is 1.27. The SMILES string of the molecule is COc1cc2c(c(Br)c1C)CCC2=O. The van der Waals surface area contributed by atoms with Crippen LogP contribution < -0.4 is 4.74 Å². The highest BCUT2D eigenvalue weighted by molar-refractivity contribution is 9.10. The maximum absolute atomic E-state index is 11.5. The van der Waals surface area contributed by atoms with Crippen LogP contribution in [0.1, 0.15) is 27.9 Å². The summed E-state index contributed by atoms with van der Waals surface area (Å²) in [5.41, 5.74) is 3.02. The Balaban J connectivity index is 2.68. The number of fused-ring (bicyclic) bond motifs is 1. The second-order valence-electron chi connectivity index (χ2n) is 3.47. The van der Waals surface area contributed by atoms with Crippen molar-refractivity contribution < 1.29 is 9.53 Å². The van der Waals surface area contributed by atoms with Crippen molar-refractivity contribution in [3.05, 3.63) is 27.2 Å². The van der Waals surface area contributed by atoms with Gasteiger partial charge < -0.3 is 4.74 Å². The summed E-state index contributed by atoms with van der Waals surface area (Å²) in [6.07, 6.45) is 1.47.